The second-order valence-electron chi connectivity index (χ2n) is 12.5. The van der Waals surface area contributed by atoms with E-state index in [-0.39, 0.29) is 53.9 Å². The molecule has 14 heteroatoms. The molecule has 4 N–H and O–H groups in total. The zero-order valence-corrected chi connectivity index (χ0v) is 27.0. The molecule has 4 aromatic rings. The van der Waals surface area contributed by atoms with Crippen molar-refractivity contribution < 1.29 is 42.2 Å². The number of aliphatic hydroxyl groups excluding tert-OH is 1. The number of carbonyl (C=O) groups is 3. The summed E-state index contributed by atoms with van der Waals surface area (Å²) in [6.45, 7) is 7.18. The lowest BCUT2D eigenvalue weighted by Crippen LogP contribution is -2.52. The number of benzene rings is 2. The molecule has 4 unspecified atom stereocenters. The number of carbonyl (C=O) groups excluding carboxylic acids is 3. The standard InChI is InChI=1S/C34H36FN5O8/c1-15(2)26-33-40-27(32-38-23(13-46-32)34(44)45-5)29(48-33)25-19-12-18(35)7-8-21(19)36-14-47-24-9-6-17(10-20(24)25)11-22(30(42)39-26)37-31(43)28(41)16(3)4/h6-10,12-13,15-16,22,25-26,28,36,41H,11,14H2,1-5H3,(H,37,43)(H,39,42). The highest BCUT2D eigenvalue weighted by molar-refractivity contribution is 5.90. The normalized spacial score (nSPS) is 19.4. The van der Waals surface area contributed by atoms with Crippen molar-refractivity contribution in [3.8, 4) is 17.3 Å². The second kappa shape index (κ2) is 13.1. The number of methoxy groups -OCH3 is 1. The number of amides is 2. The number of aromatic nitrogens is 2. The average molecular weight is 662 g/mol. The van der Waals surface area contributed by atoms with Gasteiger partial charge >= 0.3 is 5.97 Å². The van der Waals surface area contributed by atoms with Gasteiger partial charge in [-0.2, -0.15) is 0 Å². The number of aliphatic hydroxyl groups is 1. The minimum absolute atomic E-state index is 0.0585. The number of halogens is 1. The number of rotatable bonds is 6. The Morgan fingerprint density at radius 1 is 1.10 bits per heavy atom. The van der Waals surface area contributed by atoms with E-state index >= 15 is 4.39 Å². The van der Waals surface area contributed by atoms with Crippen molar-refractivity contribution in [3.05, 3.63) is 82.5 Å². The highest BCUT2D eigenvalue weighted by Crippen LogP contribution is 2.46. The summed E-state index contributed by atoms with van der Waals surface area (Å²) >= 11 is 0. The van der Waals surface area contributed by atoms with E-state index in [1.54, 1.807) is 38.1 Å². The number of nitrogens with one attached hydrogen (secondary N) is 3. The Kier molecular flexibility index (Phi) is 8.93. The fraction of sp³-hybridized carbons (Fsp3) is 0.382. The topological polar surface area (TPSA) is 178 Å². The Morgan fingerprint density at radius 3 is 2.62 bits per heavy atom. The van der Waals surface area contributed by atoms with Crippen molar-refractivity contribution in [1.29, 1.82) is 0 Å². The molecule has 2 aliphatic heterocycles. The molecule has 252 valence electrons. The lowest BCUT2D eigenvalue weighted by Gasteiger charge is -2.28. The summed E-state index contributed by atoms with van der Waals surface area (Å²) in [6, 6.07) is 7.70. The summed E-state index contributed by atoms with van der Waals surface area (Å²) in [5, 5.41) is 19.3. The third kappa shape index (κ3) is 6.22. The number of oxazole rings is 2. The van der Waals surface area contributed by atoms with Crippen LogP contribution in [-0.2, 0) is 20.7 Å². The number of fused-ring (bicyclic) bond motifs is 6. The number of nitrogens with zero attached hydrogens (tertiary/aromatic N) is 2. The van der Waals surface area contributed by atoms with Crippen molar-refractivity contribution in [3.63, 3.8) is 0 Å². The van der Waals surface area contributed by atoms with Gasteiger partial charge in [-0.1, -0.05) is 39.8 Å². The minimum atomic E-state index is -1.33. The van der Waals surface area contributed by atoms with Crippen molar-refractivity contribution in [1.82, 2.24) is 20.6 Å². The molecule has 6 rings (SSSR count). The summed E-state index contributed by atoms with van der Waals surface area (Å²) in [5.74, 6) is -3.30. The van der Waals surface area contributed by atoms with Crippen LogP contribution in [0, 0.1) is 17.7 Å². The Balaban J connectivity index is 1.61. The highest BCUT2D eigenvalue weighted by Gasteiger charge is 2.38. The van der Waals surface area contributed by atoms with Crippen LogP contribution in [0.2, 0.25) is 0 Å². The van der Waals surface area contributed by atoms with Crippen LogP contribution in [0.25, 0.3) is 11.6 Å². The smallest absolute Gasteiger partial charge is 0.360 e. The zero-order valence-electron chi connectivity index (χ0n) is 27.0. The molecular weight excluding hydrogens is 625 g/mol. The van der Waals surface area contributed by atoms with Crippen molar-refractivity contribution in [2.24, 2.45) is 11.8 Å². The Hall–Kier alpha value is -5.24. The molecule has 0 saturated carbocycles. The lowest BCUT2D eigenvalue weighted by atomic mass is 9.84. The SMILES string of the molecule is COC(=O)c1coc(-c2nc3oc2C2c4cc(F)ccc4NCOc4ccc(cc42)CC(NC(=O)C(O)C(C)C)C(=O)NC3C(C)C)n1. The van der Waals surface area contributed by atoms with Crippen LogP contribution in [0.1, 0.15) is 78.5 Å². The quantitative estimate of drug-likeness (QED) is 0.219. The van der Waals surface area contributed by atoms with Gasteiger partial charge in [0.2, 0.25) is 23.6 Å². The maximum absolute atomic E-state index is 15.0. The average Bonchev–Trinajstić information content (AvgIpc) is 3.71. The largest absolute Gasteiger partial charge is 0.473 e. The van der Waals surface area contributed by atoms with Crippen LogP contribution in [0.4, 0.5) is 10.1 Å². The molecular formula is C34H36FN5O8. The van der Waals surface area contributed by atoms with Gasteiger partial charge in [-0.05, 0) is 47.2 Å². The number of esters is 1. The van der Waals surface area contributed by atoms with Gasteiger partial charge in [0.15, 0.2) is 18.1 Å². The maximum atomic E-state index is 15.0. The fourth-order valence-corrected chi connectivity index (χ4v) is 5.84. The van der Waals surface area contributed by atoms with Crippen LogP contribution in [0.3, 0.4) is 0 Å². The summed E-state index contributed by atoms with van der Waals surface area (Å²) in [4.78, 5) is 48.3. The lowest BCUT2D eigenvalue weighted by molar-refractivity contribution is -0.135. The molecule has 13 nitrogen and oxygen atoms in total. The van der Waals surface area contributed by atoms with Crippen LogP contribution < -0.4 is 20.7 Å². The molecule has 2 amide bonds. The van der Waals surface area contributed by atoms with Crippen molar-refractivity contribution in [2.75, 3.05) is 19.2 Å². The van der Waals surface area contributed by atoms with E-state index in [2.05, 4.69) is 20.9 Å². The number of anilines is 1. The molecule has 0 spiro atoms. The molecule has 2 aromatic heterocycles. The number of hydrogen-bond donors (Lipinski definition) is 4. The van der Waals surface area contributed by atoms with Crippen LogP contribution in [-0.4, -0.2) is 58.8 Å². The molecule has 0 radical (unpaired) electrons. The van der Waals surface area contributed by atoms with Gasteiger partial charge in [0, 0.05) is 17.7 Å². The highest BCUT2D eigenvalue weighted by atomic mass is 19.1. The third-order valence-corrected chi connectivity index (χ3v) is 8.44. The Bertz CT molecular complexity index is 1870. The van der Waals surface area contributed by atoms with E-state index in [9.17, 15) is 19.5 Å². The molecule has 48 heavy (non-hydrogen) atoms. The summed E-state index contributed by atoms with van der Waals surface area (Å²) in [5.41, 5.74) is 2.26. The van der Waals surface area contributed by atoms with E-state index in [1.165, 1.54) is 19.2 Å². The van der Waals surface area contributed by atoms with Gasteiger partial charge < -0.3 is 39.4 Å². The summed E-state index contributed by atoms with van der Waals surface area (Å²) in [7, 11) is 1.22. The maximum Gasteiger partial charge on any atom is 0.360 e. The van der Waals surface area contributed by atoms with Gasteiger partial charge in [-0.25, -0.2) is 19.2 Å². The van der Waals surface area contributed by atoms with E-state index in [0.717, 1.165) is 6.26 Å². The zero-order chi connectivity index (χ0) is 34.3. The second-order valence-corrected chi connectivity index (χ2v) is 12.5. The first kappa shape index (κ1) is 32.7. The fourth-order valence-electron chi connectivity index (χ4n) is 5.84. The van der Waals surface area contributed by atoms with Gasteiger partial charge in [-0.15, -0.1) is 0 Å². The molecule has 0 saturated heterocycles. The van der Waals surface area contributed by atoms with Crippen LogP contribution in [0.5, 0.6) is 5.75 Å². The van der Waals surface area contributed by atoms with E-state index in [1.807, 2.05) is 13.8 Å². The predicted octanol–water partition coefficient (Wildman–Crippen LogP) is 4.07. The van der Waals surface area contributed by atoms with E-state index in [4.69, 9.17) is 23.3 Å². The van der Waals surface area contributed by atoms with E-state index < -0.39 is 47.7 Å². The third-order valence-electron chi connectivity index (χ3n) is 8.44. The van der Waals surface area contributed by atoms with E-state index in [0.29, 0.717) is 28.1 Å². The number of ether oxygens (including phenoxy) is 2. The van der Waals surface area contributed by atoms with Crippen LogP contribution >= 0.6 is 0 Å². The predicted molar refractivity (Wildman–Crippen MR) is 168 cm³/mol. The van der Waals surface area contributed by atoms with Gasteiger partial charge in [0.25, 0.3) is 0 Å². The molecule has 4 atom stereocenters. The first-order valence-electron chi connectivity index (χ1n) is 15.6. The monoisotopic (exact) mass is 661 g/mol. The molecule has 2 aliphatic rings. The molecule has 0 aliphatic carbocycles. The summed E-state index contributed by atoms with van der Waals surface area (Å²) < 4.78 is 38.2. The van der Waals surface area contributed by atoms with Crippen molar-refractivity contribution >= 4 is 23.5 Å². The Labute approximate surface area is 275 Å². The molecule has 0 fully saturated rings. The Morgan fingerprint density at radius 2 is 1.90 bits per heavy atom. The van der Waals surface area contributed by atoms with Gasteiger partial charge in [0.1, 0.15) is 41.8 Å². The number of hydrogen-bond acceptors (Lipinski definition) is 11. The first-order valence-corrected chi connectivity index (χ1v) is 15.6. The molecule has 4 heterocycles. The van der Waals surface area contributed by atoms with Crippen LogP contribution in [0.15, 0.2) is 51.5 Å². The van der Waals surface area contributed by atoms with Gasteiger partial charge in [0.05, 0.1) is 13.0 Å². The molecule has 2 aromatic carbocycles. The molecule has 4 bridgehead atoms. The van der Waals surface area contributed by atoms with Crippen molar-refractivity contribution in [2.45, 2.75) is 58.2 Å². The first-order chi connectivity index (χ1) is 22.9. The van der Waals surface area contributed by atoms with Gasteiger partial charge in [-0.3, -0.25) is 9.59 Å². The summed E-state index contributed by atoms with van der Waals surface area (Å²) in [6.07, 6.45) is -0.139. The minimum Gasteiger partial charge on any atom is -0.473 e.